The molecule has 0 saturated carbocycles. The number of hydrogen-bond acceptors (Lipinski definition) is 6. The summed E-state index contributed by atoms with van der Waals surface area (Å²) in [5, 5.41) is 7.38. The number of aryl methyl sites for hydroxylation is 1. The Bertz CT molecular complexity index is 529. The van der Waals surface area contributed by atoms with E-state index < -0.39 is 0 Å². The van der Waals surface area contributed by atoms with Crippen LogP contribution >= 0.6 is 0 Å². The van der Waals surface area contributed by atoms with Crippen molar-refractivity contribution in [2.24, 2.45) is 0 Å². The molecule has 0 aliphatic heterocycles. The molecule has 2 aromatic heterocycles. The number of nitrogens with zero attached hydrogens (tertiary/aromatic N) is 5. The van der Waals surface area contributed by atoms with Crippen LogP contribution in [0.3, 0.4) is 0 Å². The molecule has 0 unspecified atom stereocenters. The Morgan fingerprint density at radius 2 is 2.05 bits per heavy atom. The minimum Gasteiger partial charge on any atom is -0.464 e. The average Bonchev–Trinajstić information content (AvgIpc) is 2.88. The zero-order chi connectivity index (χ0) is 14.4. The molecule has 2 rings (SSSR count). The molecule has 1 N–H and O–H groups in total. The van der Waals surface area contributed by atoms with Gasteiger partial charge in [0.1, 0.15) is 5.69 Å². The van der Waals surface area contributed by atoms with Gasteiger partial charge in [-0.2, -0.15) is 20.1 Å². The second-order valence-corrected chi connectivity index (χ2v) is 4.17. The van der Waals surface area contributed by atoms with Gasteiger partial charge >= 0.3 is 6.01 Å². The highest BCUT2D eigenvalue weighted by molar-refractivity contribution is 5.51. The fourth-order valence-corrected chi connectivity index (χ4v) is 1.81. The van der Waals surface area contributed by atoms with E-state index in [1.54, 1.807) is 6.20 Å². The Morgan fingerprint density at radius 1 is 1.20 bits per heavy atom. The monoisotopic (exact) mass is 276 g/mol. The molecule has 2 heterocycles. The van der Waals surface area contributed by atoms with E-state index >= 15 is 0 Å². The van der Waals surface area contributed by atoms with Gasteiger partial charge in [-0.1, -0.05) is 6.92 Å². The summed E-state index contributed by atoms with van der Waals surface area (Å²) < 4.78 is 7.29. The first-order chi connectivity index (χ1) is 9.78. The third-order valence-electron chi connectivity index (χ3n) is 2.60. The van der Waals surface area contributed by atoms with Gasteiger partial charge in [-0.3, -0.25) is 4.68 Å². The topological polar surface area (TPSA) is 77.8 Å². The highest BCUT2D eigenvalue weighted by Crippen LogP contribution is 2.18. The molecule has 108 valence electrons. The first-order valence-corrected chi connectivity index (χ1v) is 6.93. The summed E-state index contributed by atoms with van der Waals surface area (Å²) in [5.41, 5.74) is 0.870. The minimum absolute atomic E-state index is 0.331. The van der Waals surface area contributed by atoms with Gasteiger partial charge in [0, 0.05) is 19.3 Å². The van der Waals surface area contributed by atoms with Crippen molar-refractivity contribution in [1.82, 2.24) is 24.7 Å². The Balaban J connectivity index is 2.40. The molecule has 0 bridgehead atoms. The summed E-state index contributed by atoms with van der Waals surface area (Å²) in [6, 6.07) is 2.23. The maximum absolute atomic E-state index is 5.40. The van der Waals surface area contributed by atoms with E-state index in [1.807, 2.05) is 24.6 Å². The third-order valence-corrected chi connectivity index (χ3v) is 2.60. The van der Waals surface area contributed by atoms with Crippen LogP contribution in [0.15, 0.2) is 12.3 Å². The van der Waals surface area contributed by atoms with Gasteiger partial charge < -0.3 is 10.1 Å². The Kier molecular flexibility index (Phi) is 4.86. The molecule has 0 amide bonds. The van der Waals surface area contributed by atoms with Crippen LogP contribution < -0.4 is 10.1 Å². The molecule has 7 nitrogen and oxygen atoms in total. The second-order valence-electron chi connectivity index (χ2n) is 4.17. The van der Waals surface area contributed by atoms with Crippen molar-refractivity contribution < 1.29 is 4.74 Å². The standard InChI is InChI=1S/C13H20N6O/c1-4-9-19-10(7-8-15-19)11-16-12(14-5-2)18-13(17-11)20-6-3/h7-8H,4-6,9H2,1-3H3,(H,14,16,17,18). The maximum Gasteiger partial charge on any atom is 0.321 e. The van der Waals surface area contributed by atoms with Gasteiger partial charge in [-0.25, -0.2) is 0 Å². The fraction of sp³-hybridized carbons (Fsp3) is 0.538. The molecular weight excluding hydrogens is 256 g/mol. The lowest BCUT2D eigenvalue weighted by Crippen LogP contribution is -2.09. The SMILES string of the molecule is CCCn1nccc1-c1nc(NCC)nc(OCC)n1. The first-order valence-electron chi connectivity index (χ1n) is 6.93. The Hall–Kier alpha value is -2.18. The lowest BCUT2D eigenvalue weighted by Gasteiger charge is -2.09. The number of nitrogens with one attached hydrogen (secondary N) is 1. The van der Waals surface area contributed by atoms with Crippen LogP contribution in [-0.4, -0.2) is 37.9 Å². The third kappa shape index (κ3) is 3.23. The lowest BCUT2D eigenvalue weighted by molar-refractivity contribution is 0.312. The van der Waals surface area contributed by atoms with Crippen molar-refractivity contribution in [1.29, 1.82) is 0 Å². The molecule has 0 saturated heterocycles. The predicted molar refractivity (Wildman–Crippen MR) is 76.7 cm³/mol. The van der Waals surface area contributed by atoms with Crippen LogP contribution in [0.25, 0.3) is 11.5 Å². The zero-order valence-corrected chi connectivity index (χ0v) is 12.1. The molecule has 0 fully saturated rings. The van der Waals surface area contributed by atoms with Crippen LogP contribution in [0.4, 0.5) is 5.95 Å². The zero-order valence-electron chi connectivity index (χ0n) is 12.1. The molecule has 0 aliphatic carbocycles. The molecule has 0 spiro atoms. The second kappa shape index (κ2) is 6.83. The Morgan fingerprint density at radius 3 is 2.75 bits per heavy atom. The van der Waals surface area contributed by atoms with E-state index in [-0.39, 0.29) is 0 Å². The predicted octanol–water partition coefficient (Wildman–Crippen LogP) is 1.98. The van der Waals surface area contributed by atoms with Crippen LogP contribution in [-0.2, 0) is 6.54 Å². The number of ether oxygens (including phenoxy) is 1. The smallest absolute Gasteiger partial charge is 0.321 e. The van der Waals surface area contributed by atoms with Crippen LogP contribution in [0.2, 0.25) is 0 Å². The van der Waals surface area contributed by atoms with Crippen molar-refractivity contribution in [2.45, 2.75) is 33.7 Å². The molecule has 0 atom stereocenters. The summed E-state index contributed by atoms with van der Waals surface area (Å²) >= 11 is 0. The molecule has 0 aromatic carbocycles. The summed E-state index contributed by atoms with van der Waals surface area (Å²) in [4.78, 5) is 13.0. The van der Waals surface area contributed by atoms with Crippen molar-refractivity contribution in [3.05, 3.63) is 12.3 Å². The number of hydrogen-bond donors (Lipinski definition) is 1. The Labute approximate surface area is 118 Å². The van der Waals surface area contributed by atoms with E-state index in [4.69, 9.17) is 4.74 Å². The summed E-state index contributed by atoms with van der Waals surface area (Å²) in [6.07, 6.45) is 2.75. The summed E-state index contributed by atoms with van der Waals surface area (Å²) in [5.74, 6) is 1.09. The first kappa shape index (κ1) is 14.2. The number of rotatable bonds is 7. The number of anilines is 1. The summed E-state index contributed by atoms with van der Waals surface area (Å²) in [7, 11) is 0. The van der Waals surface area contributed by atoms with Gasteiger partial charge in [0.25, 0.3) is 0 Å². The van der Waals surface area contributed by atoms with E-state index in [2.05, 4.69) is 32.3 Å². The highest BCUT2D eigenvalue weighted by atomic mass is 16.5. The minimum atomic E-state index is 0.331. The van der Waals surface area contributed by atoms with Crippen molar-refractivity contribution in [3.63, 3.8) is 0 Å². The molecule has 7 heteroatoms. The average molecular weight is 276 g/mol. The molecule has 20 heavy (non-hydrogen) atoms. The van der Waals surface area contributed by atoms with Crippen LogP contribution in [0.1, 0.15) is 27.2 Å². The fourth-order valence-electron chi connectivity index (χ4n) is 1.81. The largest absolute Gasteiger partial charge is 0.464 e. The van der Waals surface area contributed by atoms with Crippen molar-refractivity contribution in [2.75, 3.05) is 18.5 Å². The van der Waals surface area contributed by atoms with Crippen molar-refractivity contribution >= 4 is 5.95 Å². The molecular formula is C13H20N6O. The van der Waals surface area contributed by atoms with Gasteiger partial charge in [0.2, 0.25) is 5.95 Å². The summed E-state index contributed by atoms with van der Waals surface area (Å²) in [6.45, 7) is 8.08. The molecule has 0 radical (unpaired) electrons. The van der Waals surface area contributed by atoms with Gasteiger partial charge in [-0.15, -0.1) is 0 Å². The van der Waals surface area contributed by atoms with E-state index in [0.29, 0.717) is 24.4 Å². The van der Waals surface area contributed by atoms with Gasteiger partial charge in [0.05, 0.1) is 6.61 Å². The maximum atomic E-state index is 5.40. The number of aromatic nitrogens is 5. The van der Waals surface area contributed by atoms with E-state index in [0.717, 1.165) is 25.2 Å². The molecule has 0 aliphatic rings. The van der Waals surface area contributed by atoms with Gasteiger partial charge in [-0.05, 0) is 26.3 Å². The lowest BCUT2D eigenvalue weighted by atomic mass is 10.4. The van der Waals surface area contributed by atoms with Crippen molar-refractivity contribution in [3.8, 4) is 17.5 Å². The van der Waals surface area contributed by atoms with Crippen LogP contribution in [0.5, 0.6) is 6.01 Å². The van der Waals surface area contributed by atoms with E-state index in [1.165, 1.54) is 0 Å². The van der Waals surface area contributed by atoms with Gasteiger partial charge in [0.15, 0.2) is 5.82 Å². The highest BCUT2D eigenvalue weighted by Gasteiger charge is 2.12. The van der Waals surface area contributed by atoms with Crippen LogP contribution in [0, 0.1) is 0 Å². The normalized spacial score (nSPS) is 10.6. The molecule has 2 aromatic rings. The van der Waals surface area contributed by atoms with E-state index in [9.17, 15) is 0 Å². The quantitative estimate of drug-likeness (QED) is 0.833.